The molecule has 5 nitrogen and oxygen atoms in total. The molecule has 0 aliphatic carbocycles. The Bertz CT molecular complexity index is 446. The Morgan fingerprint density at radius 2 is 2.00 bits per heavy atom. The van der Waals surface area contributed by atoms with E-state index < -0.39 is 0 Å². The first-order valence-corrected chi connectivity index (χ1v) is 6.99. The first-order valence-electron chi connectivity index (χ1n) is 6.99. The molecule has 0 bridgehead atoms. The van der Waals surface area contributed by atoms with E-state index >= 15 is 0 Å². The quantitative estimate of drug-likeness (QED) is 0.594. The third-order valence-electron chi connectivity index (χ3n) is 2.62. The Morgan fingerprint density at radius 3 is 2.70 bits per heavy atom. The van der Waals surface area contributed by atoms with Crippen molar-refractivity contribution < 1.29 is 14.3 Å². The van der Waals surface area contributed by atoms with Crippen molar-refractivity contribution in [1.29, 1.82) is 0 Å². The van der Waals surface area contributed by atoms with Crippen LogP contribution in [0.4, 0.5) is 10.5 Å². The molecule has 0 aromatic heterocycles. The predicted octanol–water partition coefficient (Wildman–Crippen LogP) is 3.18. The van der Waals surface area contributed by atoms with E-state index in [1.165, 1.54) is 0 Å². The van der Waals surface area contributed by atoms with Gasteiger partial charge in [-0.2, -0.15) is 0 Å². The van der Waals surface area contributed by atoms with Crippen LogP contribution in [0.2, 0.25) is 0 Å². The lowest BCUT2D eigenvalue weighted by molar-refractivity contribution is 0.0500. The molecule has 0 heterocycles. The summed E-state index contributed by atoms with van der Waals surface area (Å²) in [4.78, 5) is 23.3. The fourth-order valence-electron chi connectivity index (χ4n) is 1.53. The third-order valence-corrected chi connectivity index (χ3v) is 2.62. The Morgan fingerprint density at radius 1 is 1.20 bits per heavy atom. The second-order valence-electron chi connectivity index (χ2n) is 4.45. The van der Waals surface area contributed by atoms with Gasteiger partial charge in [0.1, 0.15) is 0 Å². The zero-order valence-electron chi connectivity index (χ0n) is 12.1. The van der Waals surface area contributed by atoms with Crippen molar-refractivity contribution in [3.8, 4) is 0 Å². The summed E-state index contributed by atoms with van der Waals surface area (Å²) in [6.45, 7) is 5.05. The zero-order chi connectivity index (χ0) is 14.8. The number of unbranched alkanes of at least 4 members (excludes halogenated alkanes) is 1. The fourth-order valence-corrected chi connectivity index (χ4v) is 1.53. The molecule has 0 saturated heterocycles. The molecule has 0 unspecified atom stereocenters. The lowest BCUT2D eigenvalue weighted by Crippen LogP contribution is -2.29. The third kappa shape index (κ3) is 5.73. The summed E-state index contributed by atoms with van der Waals surface area (Å²) in [5.41, 5.74) is 1.01. The predicted molar refractivity (Wildman–Crippen MR) is 78.9 cm³/mol. The number of esters is 1. The first-order chi connectivity index (χ1) is 9.67. The van der Waals surface area contributed by atoms with Gasteiger partial charge in [-0.25, -0.2) is 9.59 Å². The molecule has 0 aliphatic heterocycles. The molecule has 0 radical (unpaired) electrons. The number of anilines is 1. The van der Waals surface area contributed by atoms with E-state index in [0.29, 0.717) is 24.4 Å². The van der Waals surface area contributed by atoms with Crippen LogP contribution < -0.4 is 10.6 Å². The number of benzene rings is 1. The number of carbonyl (C=O) groups is 2. The fraction of sp³-hybridized carbons (Fsp3) is 0.467. The Kier molecular flexibility index (Phi) is 7.17. The maximum Gasteiger partial charge on any atom is 0.338 e. The van der Waals surface area contributed by atoms with Crippen molar-refractivity contribution in [2.24, 2.45) is 0 Å². The van der Waals surface area contributed by atoms with Crippen LogP contribution in [0.25, 0.3) is 0 Å². The smallest absolute Gasteiger partial charge is 0.338 e. The number of nitrogens with one attached hydrogen (secondary N) is 2. The molecule has 5 heteroatoms. The topological polar surface area (TPSA) is 67.4 Å². The number of urea groups is 1. The Labute approximate surface area is 119 Å². The summed E-state index contributed by atoms with van der Waals surface area (Å²) in [6.07, 6.45) is 2.70. The molecule has 0 aliphatic rings. The van der Waals surface area contributed by atoms with Crippen LogP contribution >= 0.6 is 0 Å². The first kappa shape index (κ1) is 16.0. The van der Waals surface area contributed by atoms with Crippen LogP contribution in [-0.2, 0) is 4.74 Å². The standard InChI is InChI=1S/C15H22N2O3/c1-3-5-10-20-14(18)12-7-6-8-13(11-12)17-15(19)16-9-4-2/h6-8,11H,3-5,9-10H2,1-2H3,(H2,16,17,19). The second kappa shape index (κ2) is 8.96. The van der Waals surface area contributed by atoms with Gasteiger partial charge in [0.2, 0.25) is 0 Å². The maximum absolute atomic E-state index is 11.8. The van der Waals surface area contributed by atoms with Gasteiger partial charge >= 0.3 is 12.0 Å². The maximum atomic E-state index is 11.8. The largest absolute Gasteiger partial charge is 0.462 e. The van der Waals surface area contributed by atoms with Gasteiger partial charge in [0, 0.05) is 12.2 Å². The minimum absolute atomic E-state index is 0.275. The van der Waals surface area contributed by atoms with Gasteiger partial charge in [-0.15, -0.1) is 0 Å². The highest BCUT2D eigenvalue weighted by atomic mass is 16.5. The highest BCUT2D eigenvalue weighted by Gasteiger charge is 2.08. The Balaban J connectivity index is 2.56. The van der Waals surface area contributed by atoms with Crippen LogP contribution in [-0.4, -0.2) is 25.2 Å². The molecule has 2 amide bonds. The molecule has 2 N–H and O–H groups in total. The van der Waals surface area contributed by atoms with Crippen molar-refractivity contribution >= 4 is 17.7 Å². The molecule has 0 spiro atoms. The van der Waals surface area contributed by atoms with Crippen molar-refractivity contribution in [2.45, 2.75) is 33.1 Å². The lowest BCUT2D eigenvalue weighted by atomic mass is 10.2. The Hall–Kier alpha value is -2.04. The van der Waals surface area contributed by atoms with E-state index in [1.54, 1.807) is 24.3 Å². The van der Waals surface area contributed by atoms with Gasteiger partial charge in [0.15, 0.2) is 0 Å². The molecule has 20 heavy (non-hydrogen) atoms. The van der Waals surface area contributed by atoms with Crippen molar-refractivity contribution in [3.05, 3.63) is 29.8 Å². The molecular formula is C15H22N2O3. The molecule has 0 atom stereocenters. The molecule has 0 fully saturated rings. The average Bonchev–Trinajstić information content (AvgIpc) is 2.45. The van der Waals surface area contributed by atoms with Gasteiger partial charge in [0.05, 0.1) is 12.2 Å². The number of ether oxygens (including phenoxy) is 1. The number of amides is 2. The number of carbonyl (C=O) groups excluding carboxylic acids is 2. The van der Waals surface area contributed by atoms with Gasteiger partial charge in [-0.3, -0.25) is 0 Å². The summed E-state index contributed by atoms with van der Waals surface area (Å²) in [5, 5.41) is 5.39. The van der Waals surface area contributed by atoms with Gasteiger partial charge in [0.25, 0.3) is 0 Å². The molecular weight excluding hydrogens is 256 g/mol. The summed E-state index contributed by atoms with van der Waals surface area (Å²) >= 11 is 0. The van der Waals surface area contributed by atoms with Gasteiger partial charge in [-0.1, -0.05) is 26.3 Å². The van der Waals surface area contributed by atoms with Crippen LogP contribution in [0.5, 0.6) is 0 Å². The molecule has 1 aromatic rings. The zero-order valence-corrected chi connectivity index (χ0v) is 12.1. The average molecular weight is 278 g/mol. The summed E-state index contributed by atoms with van der Waals surface area (Å²) in [5.74, 6) is -0.365. The summed E-state index contributed by atoms with van der Waals surface area (Å²) in [7, 11) is 0. The minimum Gasteiger partial charge on any atom is -0.462 e. The molecule has 0 saturated carbocycles. The molecule has 110 valence electrons. The van der Waals surface area contributed by atoms with Gasteiger partial charge < -0.3 is 15.4 Å². The highest BCUT2D eigenvalue weighted by Crippen LogP contribution is 2.12. The summed E-state index contributed by atoms with van der Waals surface area (Å²) in [6, 6.07) is 6.45. The normalized spacial score (nSPS) is 9.90. The van der Waals surface area contributed by atoms with E-state index in [1.807, 2.05) is 13.8 Å². The number of hydrogen-bond acceptors (Lipinski definition) is 3. The van der Waals surface area contributed by atoms with E-state index in [9.17, 15) is 9.59 Å². The molecule has 1 aromatic carbocycles. The van der Waals surface area contributed by atoms with Gasteiger partial charge in [-0.05, 0) is 31.0 Å². The number of hydrogen-bond donors (Lipinski definition) is 2. The monoisotopic (exact) mass is 278 g/mol. The van der Waals surface area contributed by atoms with Crippen LogP contribution in [0.3, 0.4) is 0 Å². The highest BCUT2D eigenvalue weighted by molar-refractivity contribution is 5.93. The molecule has 1 rings (SSSR count). The lowest BCUT2D eigenvalue weighted by Gasteiger charge is -2.08. The van der Waals surface area contributed by atoms with Crippen LogP contribution in [0, 0.1) is 0 Å². The minimum atomic E-state index is -0.365. The summed E-state index contributed by atoms with van der Waals surface area (Å²) < 4.78 is 5.13. The van der Waals surface area contributed by atoms with E-state index in [4.69, 9.17) is 4.74 Å². The number of rotatable bonds is 7. The van der Waals surface area contributed by atoms with Crippen molar-refractivity contribution in [1.82, 2.24) is 5.32 Å². The van der Waals surface area contributed by atoms with E-state index in [-0.39, 0.29) is 12.0 Å². The van der Waals surface area contributed by atoms with Crippen molar-refractivity contribution in [2.75, 3.05) is 18.5 Å². The van der Waals surface area contributed by atoms with E-state index in [0.717, 1.165) is 19.3 Å². The van der Waals surface area contributed by atoms with Crippen molar-refractivity contribution in [3.63, 3.8) is 0 Å². The van der Waals surface area contributed by atoms with E-state index in [2.05, 4.69) is 10.6 Å². The SMILES string of the molecule is CCCCOC(=O)c1cccc(NC(=O)NCCC)c1. The second-order valence-corrected chi connectivity index (χ2v) is 4.45. The van der Waals surface area contributed by atoms with Crippen LogP contribution in [0.15, 0.2) is 24.3 Å². The van der Waals surface area contributed by atoms with Crippen LogP contribution in [0.1, 0.15) is 43.5 Å².